The van der Waals surface area contributed by atoms with Gasteiger partial charge in [0.15, 0.2) is 0 Å². The van der Waals surface area contributed by atoms with Crippen molar-refractivity contribution in [2.45, 2.75) is 56.0 Å². The first-order valence-electron chi connectivity index (χ1n) is 5.98. The van der Waals surface area contributed by atoms with Crippen molar-refractivity contribution in [2.24, 2.45) is 5.92 Å². The van der Waals surface area contributed by atoms with Crippen molar-refractivity contribution < 1.29 is 9.47 Å². The summed E-state index contributed by atoms with van der Waals surface area (Å²) in [5, 5.41) is 1.25. The average Bonchev–Trinajstić information content (AvgIpc) is 2.26. The van der Waals surface area contributed by atoms with E-state index >= 15 is 0 Å². The van der Waals surface area contributed by atoms with Gasteiger partial charge in [0.2, 0.25) is 0 Å². The summed E-state index contributed by atoms with van der Waals surface area (Å²) < 4.78 is 10.5. The molecule has 2 nitrogen and oxygen atoms in total. The fraction of sp³-hybridized carbons (Fsp3) is 1.00. The second-order valence-corrected chi connectivity index (χ2v) is 7.38. The molecule has 0 saturated heterocycles. The molecule has 0 radical (unpaired) electrons. The first kappa shape index (κ1) is 13.5. The molecule has 1 atom stereocenters. The van der Waals surface area contributed by atoms with Crippen molar-refractivity contribution in [3.63, 3.8) is 0 Å². The third kappa shape index (κ3) is 5.91. The summed E-state index contributed by atoms with van der Waals surface area (Å²) in [6.45, 7) is 5.21. The van der Waals surface area contributed by atoms with Crippen molar-refractivity contribution >= 4 is 15.0 Å². The number of methoxy groups -OCH3 is 1. The van der Waals surface area contributed by atoms with E-state index in [9.17, 15) is 0 Å². The van der Waals surface area contributed by atoms with Crippen LogP contribution < -0.4 is 0 Å². The van der Waals surface area contributed by atoms with Gasteiger partial charge in [-0.05, 0) is 0 Å². The Morgan fingerprint density at radius 2 is 1.93 bits per heavy atom. The molecular weight excluding hydrogens is 255 g/mol. The average molecular weight is 279 g/mol. The first-order chi connectivity index (χ1) is 7.22. The molecule has 1 aliphatic rings. The Kier molecular flexibility index (Phi) is 6.91. The number of hydrogen-bond donors (Lipinski definition) is 0. The Bertz CT molecular complexity index is 156. The summed E-state index contributed by atoms with van der Waals surface area (Å²) in [4.78, 5) is 1.02. The minimum atomic E-state index is -0.0350. The molecule has 1 aliphatic carbocycles. The van der Waals surface area contributed by atoms with Crippen molar-refractivity contribution in [3.8, 4) is 0 Å². The third-order valence-corrected chi connectivity index (χ3v) is 5.91. The summed E-state index contributed by atoms with van der Waals surface area (Å²) in [7, 11) is 1.69. The molecule has 15 heavy (non-hydrogen) atoms. The third-order valence-electron chi connectivity index (χ3n) is 3.08. The fourth-order valence-electron chi connectivity index (χ4n) is 1.89. The zero-order chi connectivity index (χ0) is 11.1. The van der Waals surface area contributed by atoms with Crippen LogP contribution in [0.5, 0.6) is 0 Å². The summed E-state index contributed by atoms with van der Waals surface area (Å²) in [6.07, 6.45) is 5.78. The van der Waals surface area contributed by atoms with Crippen LogP contribution in [0.1, 0.15) is 39.5 Å². The molecule has 0 bridgehead atoms. The van der Waals surface area contributed by atoms with Gasteiger partial charge < -0.3 is 0 Å². The molecule has 3 heteroatoms. The summed E-state index contributed by atoms with van der Waals surface area (Å²) in [6, 6.07) is 0. The van der Waals surface area contributed by atoms with Crippen molar-refractivity contribution in [2.75, 3.05) is 13.7 Å². The Morgan fingerprint density at radius 1 is 1.27 bits per heavy atom. The zero-order valence-corrected chi connectivity index (χ0v) is 11.9. The van der Waals surface area contributed by atoms with Crippen molar-refractivity contribution in [1.29, 1.82) is 0 Å². The van der Waals surface area contributed by atoms with Crippen LogP contribution in [-0.2, 0) is 9.47 Å². The standard InChI is InChI=1S/C12H24O2Se/c1-10-4-6-12(7-5-10)15-9-8-14-11(2)13-3/h10-12H,4-9H2,1-3H3. The van der Waals surface area contributed by atoms with Gasteiger partial charge in [0, 0.05) is 0 Å². The quantitative estimate of drug-likeness (QED) is 0.422. The Labute approximate surface area is 100 Å². The van der Waals surface area contributed by atoms with Crippen LogP contribution in [0.15, 0.2) is 0 Å². The van der Waals surface area contributed by atoms with Crippen molar-refractivity contribution in [3.05, 3.63) is 0 Å². The molecule has 0 aliphatic heterocycles. The molecule has 0 spiro atoms. The van der Waals surface area contributed by atoms with Gasteiger partial charge in [-0.3, -0.25) is 0 Å². The monoisotopic (exact) mass is 280 g/mol. The maximum atomic E-state index is 5.50. The molecular formula is C12H24O2Se. The van der Waals surface area contributed by atoms with Gasteiger partial charge in [0.1, 0.15) is 0 Å². The molecule has 0 aromatic carbocycles. The fourth-order valence-corrected chi connectivity index (χ4v) is 4.27. The van der Waals surface area contributed by atoms with Crippen LogP contribution in [0.25, 0.3) is 0 Å². The van der Waals surface area contributed by atoms with Gasteiger partial charge in [-0.2, -0.15) is 0 Å². The van der Waals surface area contributed by atoms with Crippen LogP contribution in [0.4, 0.5) is 0 Å². The summed E-state index contributed by atoms with van der Waals surface area (Å²) in [5.41, 5.74) is 0. The molecule has 90 valence electrons. The van der Waals surface area contributed by atoms with Gasteiger partial charge >= 0.3 is 100 Å². The molecule has 0 aromatic rings. The molecule has 1 unspecified atom stereocenters. The van der Waals surface area contributed by atoms with Crippen LogP contribution in [0.3, 0.4) is 0 Å². The predicted molar refractivity (Wildman–Crippen MR) is 64.4 cm³/mol. The number of hydrogen-bond acceptors (Lipinski definition) is 2. The van der Waals surface area contributed by atoms with E-state index in [0.29, 0.717) is 0 Å². The van der Waals surface area contributed by atoms with Gasteiger partial charge in [0.25, 0.3) is 0 Å². The topological polar surface area (TPSA) is 18.5 Å². The van der Waals surface area contributed by atoms with Crippen molar-refractivity contribution in [1.82, 2.24) is 0 Å². The normalized spacial score (nSPS) is 29.0. The minimum absolute atomic E-state index is 0.0350. The van der Waals surface area contributed by atoms with Crippen LogP contribution in [-0.4, -0.2) is 35.0 Å². The molecule has 1 fully saturated rings. The van der Waals surface area contributed by atoms with E-state index in [1.807, 2.05) is 6.92 Å². The Morgan fingerprint density at radius 3 is 2.53 bits per heavy atom. The summed E-state index contributed by atoms with van der Waals surface area (Å²) in [5.74, 6) is 0.974. The van der Waals surface area contributed by atoms with Crippen LogP contribution >= 0.6 is 0 Å². The molecule has 1 saturated carbocycles. The van der Waals surface area contributed by atoms with E-state index in [4.69, 9.17) is 9.47 Å². The molecule has 0 aromatic heterocycles. The first-order valence-corrected chi connectivity index (χ1v) is 8.18. The van der Waals surface area contributed by atoms with Gasteiger partial charge in [-0.1, -0.05) is 0 Å². The van der Waals surface area contributed by atoms with E-state index in [-0.39, 0.29) is 6.29 Å². The second-order valence-electron chi connectivity index (χ2n) is 4.43. The summed E-state index contributed by atoms with van der Waals surface area (Å²) >= 11 is 0.785. The van der Waals surface area contributed by atoms with E-state index in [0.717, 1.165) is 32.3 Å². The molecule has 0 heterocycles. The molecule has 0 N–H and O–H groups in total. The second kappa shape index (κ2) is 7.67. The van der Waals surface area contributed by atoms with Gasteiger partial charge in [0.05, 0.1) is 0 Å². The number of ether oxygens (including phenoxy) is 2. The van der Waals surface area contributed by atoms with E-state index in [2.05, 4.69) is 6.92 Å². The van der Waals surface area contributed by atoms with Crippen LogP contribution in [0, 0.1) is 5.92 Å². The van der Waals surface area contributed by atoms with Gasteiger partial charge in [-0.25, -0.2) is 0 Å². The van der Waals surface area contributed by atoms with E-state index in [1.54, 1.807) is 7.11 Å². The van der Waals surface area contributed by atoms with Gasteiger partial charge in [-0.15, -0.1) is 0 Å². The Hall–Kier alpha value is 0.439. The maximum absolute atomic E-state index is 5.50. The molecule has 0 amide bonds. The van der Waals surface area contributed by atoms with E-state index < -0.39 is 0 Å². The SMILES string of the molecule is COC(C)OCC[Se]C1CCC(C)CC1. The number of rotatable bonds is 6. The van der Waals surface area contributed by atoms with Crippen LogP contribution in [0.2, 0.25) is 10.1 Å². The zero-order valence-electron chi connectivity index (χ0n) is 10.2. The van der Waals surface area contributed by atoms with E-state index in [1.165, 1.54) is 31.0 Å². The molecule has 1 rings (SSSR count). The predicted octanol–water partition coefficient (Wildman–Crippen LogP) is 3.12. The Balaban J connectivity index is 1.96.